The van der Waals surface area contributed by atoms with E-state index >= 15 is 0 Å². The number of unbranched alkanes of at least 4 members (excludes halogenated alkanes) is 1. The van der Waals surface area contributed by atoms with Gasteiger partial charge in [-0.25, -0.2) is 19.4 Å². The number of rotatable bonds is 6. The van der Waals surface area contributed by atoms with E-state index in [1.165, 1.54) is 19.2 Å². The first kappa shape index (κ1) is 13.0. The van der Waals surface area contributed by atoms with Crippen molar-refractivity contribution in [2.24, 2.45) is 5.92 Å². The van der Waals surface area contributed by atoms with Crippen LogP contribution in [-0.4, -0.2) is 37.5 Å². The summed E-state index contributed by atoms with van der Waals surface area (Å²) in [5.74, 6) is 0.208. The van der Waals surface area contributed by atoms with E-state index in [2.05, 4.69) is 20.3 Å². The van der Waals surface area contributed by atoms with Crippen molar-refractivity contribution in [1.82, 2.24) is 25.0 Å². The van der Waals surface area contributed by atoms with E-state index < -0.39 is 5.97 Å². The maximum atomic E-state index is 12.0. The summed E-state index contributed by atoms with van der Waals surface area (Å²) in [6, 6.07) is 0. The van der Waals surface area contributed by atoms with Crippen molar-refractivity contribution < 1.29 is 9.53 Å². The number of carbonyl (C=O) groups is 1. The number of hydrogen-bond acceptors (Lipinski definition) is 6. The summed E-state index contributed by atoms with van der Waals surface area (Å²) in [6.45, 7) is 3.25. The predicted octanol–water partition coefficient (Wildman–Crippen LogP) is 1.59. The molecule has 0 N–H and O–H groups in total. The first-order valence-corrected chi connectivity index (χ1v) is 7.01. The summed E-state index contributed by atoms with van der Waals surface area (Å²) in [5, 5.41) is 8.11. The van der Waals surface area contributed by atoms with Gasteiger partial charge in [-0.05, 0) is 25.2 Å². The van der Waals surface area contributed by atoms with Crippen LogP contribution >= 0.6 is 0 Å². The third kappa shape index (κ3) is 2.61. The predicted molar refractivity (Wildman–Crippen MR) is 71.0 cm³/mol. The molecule has 0 aromatic carbocycles. The minimum absolute atomic E-state index is 0.202. The van der Waals surface area contributed by atoms with E-state index in [0.717, 1.165) is 19.4 Å². The molecule has 2 aromatic heterocycles. The lowest BCUT2D eigenvalue weighted by Crippen LogP contribution is -2.10. The van der Waals surface area contributed by atoms with Crippen LogP contribution in [0.2, 0.25) is 0 Å². The van der Waals surface area contributed by atoms with Gasteiger partial charge in [-0.2, -0.15) is 0 Å². The Balaban J connectivity index is 1.83. The molecule has 0 saturated heterocycles. The fraction of sp³-hybridized carbons (Fsp3) is 0.615. The van der Waals surface area contributed by atoms with E-state index in [9.17, 15) is 4.79 Å². The third-order valence-corrected chi connectivity index (χ3v) is 3.35. The van der Waals surface area contributed by atoms with Gasteiger partial charge in [0.25, 0.3) is 0 Å². The molecule has 106 valence electrons. The first-order chi connectivity index (χ1) is 9.79. The van der Waals surface area contributed by atoms with Crippen LogP contribution in [-0.2, 0) is 11.3 Å². The molecule has 0 atom stereocenters. The van der Waals surface area contributed by atoms with Crippen molar-refractivity contribution in [3.8, 4) is 0 Å². The minimum atomic E-state index is -0.454. The Morgan fingerprint density at radius 3 is 3.05 bits per heavy atom. The van der Waals surface area contributed by atoms with E-state index in [0.29, 0.717) is 23.7 Å². The number of fused-ring (bicyclic) bond motifs is 1. The van der Waals surface area contributed by atoms with Gasteiger partial charge in [-0.15, -0.1) is 5.10 Å². The number of hydrogen-bond donors (Lipinski definition) is 0. The Labute approximate surface area is 116 Å². The molecule has 7 nitrogen and oxygen atoms in total. The standard InChI is InChI=1S/C13H17N5O2/c1-2-3-6-20-13(19)11-10-12(15-8-14-11)18(17-16-10)7-9-4-5-9/h8-9H,2-7H2,1H3. The monoisotopic (exact) mass is 275 g/mol. The van der Waals surface area contributed by atoms with Gasteiger partial charge in [0, 0.05) is 6.54 Å². The highest BCUT2D eigenvalue weighted by molar-refractivity contribution is 5.98. The lowest BCUT2D eigenvalue weighted by atomic mass is 10.3. The zero-order chi connectivity index (χ0) is 13.9. The van der Waals surface area contributed by atoms with Crippen LogP contribution < -0.4 is 0 Å². The van der Waals surface area contributed by atoms with Crippen LogP contribution in [0.1, 0.15) is 43.1 Å². The molecule has 0 unspecified atom stereocenters. The second kappa shape index (κ2) is 5.52. The average molecular weight is 275 g/mol. The molecule has 1 aliphatic rings. The van der Waals surface area contributed by atoms with E-state index in [1.807, 2.05) is 6.92 Å². The molecule has 2 aromatic rings. The first-order valence-electron chi connectivity index (χ1n) is 7.01. The van der Waals surface area contributed by atoms with Gasteiger partial charge in [0.15, 0.2) is 16.9 Å². The lowest BCUT2D eigenvalue weighted by Gasteiger charge is -2.03. The molecule has 20 heavy (non-hydrogen) atoms. The highest BCUT2D eigenvalue weighted by atomic mass is 16.5. The summed E-state index contributed by atoms with van der Waals surface area (Å²) in [4.78, 5) is 20.2. The zero-order valence-corrected chi connectivity index (χ0v) is 11.4. The number of nitrogens with zero attached hydrogens (tertiary/aromatic N) is 5. The molecular weight excluding hydrogens is 258 g/mol. The summed E-state index contributed by atoms with van der Waals surface area (Å²) < 4.78 is 6.92. The number of carbonyl (C=O) groups excluding carboxylic acids is 1. The van der Waals surface area contributed by atoms with Crippen molar-refractivity contribution in [2.45, 2.75) is 39.2 Å². The largest absolute Gasteiger partial charge is 0.461 e. The average Bonchev–Trinajstić information content (AvgIpc) is 3.18. The third-order valence-electron chi connectivity index (χ3n) is 3.35. The Morgan fingerprint density at radius 1 is 1.45 bits per heavy atom. The fourth-order valence-corrected chi connectivity index (χ4v) is 1.99. The summed E-state index contributed by atoms with van der Waals surface area (Å²) >= 11 is 0. The number of esters is 1. The normalized spacial score (nSPS) is 14.7. The molecule has 3 rings (SSSR count). The second-order valence-corrected chi connectivity index (χ2v) is 5.10. The van der Waals surface area contributed by atoms with E-state index in [1.54, 1.807) is 4.68 Å². The van der Waals surface area contributed by atoms with Crippen molar-refractivity contribution in [3.05, 3.63) is 12.0 Å². The molecule has 1 fully saturated rings. The summed E-state index contributed by atoms with van der Waals surface area (Å²) in [6.07, 6.45) is 5.63. The molecule has 1 aliphatic carbocycles. The van der Waals surface area contributed by atoms with E-state index in [-0.39, 0.29) is 5.69 Å². The molecule has 0 aliphatic heterocycles. The van der Waals surface area contributed by atoms with Gasteiger partial charge in [-0.1, -0.05) is 18.6 Å². The Hall–Kier alpha value is -2.05. The summed E-state index contributed by atoms with van der Waals surface area (Å²) in [7, 11) is 0. The van der Waals surface area contributed by atoms with Gasteiger partial charge in [0.1, 0.15) is 6.33 Å². The SMILES string of the molecule is CCCCOC(=O)c1ncnc2c1nnn2CC1CC1. The zero-order valence-electron chi connectivity index (χ0n) is 11.4. The highest BCUT2D eigenvalue weighted by Gasteiger charge is 2.25. The van der Waals surface area contributed by atoms with Crippen LogP contribution in [0.3, 0.4) is 0 Å². The smallest absolute Gasteiger partial charge is 0.359 e. The second-order valence-electron chi connectivity index (χ2n) is 5.10. The van der Waals surface area contributed by atoms with Gasteiger partial charge >= 0.3 is 5.97 Å². The maximum absolute atomic E-state index is 12.0. The Morgan fingerprint density at radius 2 is 2.30 bits per heavy atom. The van der Waals surface area contributed by atoms with Crippen LogP contribution in [0.15, 0.2) is 6.33 Å². The van der Waals surface area contributed by atoms with Gasteiger partial charge in [0.2, 0.25) is 0 Å². The van der Waals surface area contributed by atoms with Crippen LogP contribution in [0, 0.1) is 5.92 Å². The van der Waals surface area contributed by atoms with Crippen molar-refractivity contribution >= 4 is 17.1 Å². The van der Waals surface area contributed by atoms with Crippen LogP contribution in [0.25, 0.3) is 11.2 Å². The molecule has 0 bridgehead atoms. The highest BCUT2D eigenvalue weighted by Crippen LogP contribution is 2.31. The summed E-state index contributed by atoms with van der Waals surface area (Å²) in [5.41, 5.74) is 1.23. The quantitative estimate of drug-likeness (QED) is 0.588. The van der Waals surface area contributed by atoms with Gasteiger partial charge in [0.05, 0.1) is 6.61 Å². The molecule has 1 saturated carbocycles. The number of aromatic nitrogens is 5. The van der Waals surface area contributed by atoms with Crippen LogP contribution in [0.4, 0.5) is 0 Å². The molecule has 0 amide bonds. The molecule has 0 radical (unpaired) electrons. The lowest BCUT2D eigenvalue weighted by molar-refractivity contribution is 0.0495. The topological polar surface area (TPSA) is 82.8 Å². The minimum Gasteiger partial charge on any atom is -0.461 e. The number of ether oxygens (including phenoxy) is 1. The van der Waals surface area contributed by atoms with Crippen molar-refractivity contribution in [2.75, 3.05) is 6.61 Å². The Kier molecular flexibility index (Phi) is 3.58. The molecule has 0 spiro atoms. The molecule has 2 heterocycles. The van der Waals surface area contributed by atoms with Gasteiger partial charge < -0.3 is 4.74 Å². The van der Waals surface area contributed by atoms with Gasteiger partial charge in [-0.3, -0.25) is 0 Å². The fourth-order valence-electron chi connectivity index (χ4n) is 1.99. The molecular formula is C13H17N5O2. The molecule has 7 heteroatoms. The Bertz CT molecular complexity index is 620. The van der Waals surface area contributed by atoms with Crippen LogP contribution in [0.5, 0.6) is 0 Å². The van der Waals surface area contributed by atoms with E-state index in [4.69, 9.17) is 4.74 Å². The van der Waals surface area contributed by atoms with Crippen molar-refractivity contribution in [3.63, 3.8) is 0 Å². The van der Waals surface area contributed by atoms with Crippen molar-refractivity contribution in [1.29, 1.82) is 0 Å². The maximum Gasteiger partial charge on any atom is 0.359 e.